The summed E-state index contributed by atoms with van der Waals surface area (Å²) in [6.07, 6.45) is 5.85. The molecule has 7 nitrogen and oxygen atoms in total. The zero-order valence-corrected chi connectivity index (χ0v) is 11.9. The van der Waals surface area contributed by atoms with Gasteiger partial charge in [0.1, 0.15) is 11.9 Å². The lowest BCUT2D eigenvalue weighted by atomic mass is 10.0. The number of aromatic amines is 1. The van der Waals surface area contributed by atoms with Crippen LogP contribution in [0.5, 0.6) is 0 Å². The second-order valence-electron chi connectivity index (χ2n) is 6.43. The monoisotopic (exact) mass is 291 g/mol. The lowest BCUT2D eigenvalue weighted by molar-refractivity contribution is 0.0395. The van der Waals surface area contributed by atoms with E-state index in [2.05, 4.69) is 15.6 Å². The molecule has 4 rings (SSSR count). The molecular weight excluding hydrogens is 270 g/mol. The zero-order valence-electron chi connectivity index (χ0n) is 11.9. The fourth-order valence-electron chi connectivity index (χ4n) is 3.90. The van der Waals surface area contributed by atoms with Crippen LogP contribution in [-0.2, 0) is 4.74 Å². The minimum Gasteiger partial charge on any atom is -0.445 e. The predicted molar refractivity (Wildman–Crippen MR) is 76.3 cm³/mol. The Morgan fingerprint density at radius 3 is 2.90 bits per heavy atom. The third kappa shape index (κ3) is 2.35. The number of hydrazine groups is 1. The number of fused-ring (bicyclic) bond motifs is 2. The number of carbonyl (C=O) groups is 1. The van der Waals surface area contributed by atoms with Gasteiger partial charge in [-0.1, -0.05) is 0 Å². The van der Waals surface area contributed by atoms with Crippen molar-refractivity contribution in [2.75, 3.05) is 5.73 Å². The standard InChI is InChI=1S/C14H21N5O2/c15-13-7-12(16-17-13)8-1-4-11(5-8)21-14(20)19-10-3-2-9(6-10)18-19/h7-11,18H,1-6H2,(H3,15,16,17)/t8-,9?,10?,11+/m0/s1. The number of ether oxygens (including phenoxy) is 1. The molecule has 1 saturated heterocycles. The van der Waals surface area contributed by atoms with E-state index < -0.39 is 0 Å². The quantitative estimate of drug-likeness (QED) is 0.767. The van der Waals surface area contributed by atoms with Gasteiger partial charge in [0.2, 0.25) is 0 Å². The summed E-state index contributed by atoms with van der Waals surface area (Å²) >= 11 is 0. The molecule has 2 aliphatic carbocycles. The van der Waals surface area contributed by atoms with E-state index in [1.807, 2.05) is 6.07 Å². The Morgan fingerprint density at radius 2 is 2.24 bits per heavy atom. The number of hydrogen-bond acceptors (Lipinski definition) is 5. The minimum atomic E-state index is -0.211. The highest BCUT2D eigenvalue weighted by Gasteiger charge is 2.42. The molecule has 2 unspecified atom stereocenters. The molecule has 0 spiro atoms. The number of rotatable bonds is 2. The maximum atomic E-state index is 12.2. The number of hydrogen-bond donors (Lipinski definition) is 3. The lowest BCUT2D eigenvalue weighted by Crippen LogP contribution is -2.48. The molecule has 0 radical (unpaired) electrons. The van der Waals surface area contributed by atoms with E-state index in [0.29, 0.717) is 23.8 Å². The fourth-order valence-corrected chi connectivity index (χ4v) is 3.90. The summed E-state index contributed by atoms with van der Waals surface area (Å²) in [4.78, 5) is 12.2. The largest absolute Gasteiger partial charge is 0.445 e. The van der Waals surface area contributed by atoms with Crippen molar-refractivity contribution in [3.63, 3.8) is 0 Å². The van der Waals surface area contributed by atoms with Crippen molar-refractivity contribution in [3.8, 4) is 0 Å². The normalized spacial score (nSPS) is 34.6. The Morgan fingerprint density at radius 1 is 1.33 bits per heavy atom. The summed E-state index contributed by atoms with van der Waals surface area (Å²) in [7, 11) is 0. The fraction of sp³-hybridized carbons (Fsp3) is 0.714. The molecule has 1 aromatic heterocycles. The van der Waals surface area contributed by atoms with Gasteiger partial charge in [-0.25, -0.2) is 15.2 Å². The van der Waals surface area contributed by atoms with Gasteiger partial charge in [-0.05, 0) is 38.5 Å². The van der Waals surface area contributed by atoms with Gasteiger partial charge in [-0.3, -0.25) is 5.10 Å². The maximum Gasteiger partial charge on any atom is 0.424 e. The molecule has 2 heterocycles. The number of H-pyrrole nitrogens is 1. The van der Waals surface area contributed by atoms with Gasteiger partial charge in [0, 0.05) is 23.7 Å². The predicted octanol–water partition coefficient (Wildman–Crippen LogP) is 1.51. The van der Waals surface area contributed by atoms with Crippen molar-refractivity contribution in [2.45, 2.75) is 62.6 Å². The smallest absolute Gasteiger partial charge is 0.424 e. The van der Waals surface area contributed by atoms with Crippen molar-refractivity contribution in [3.05, 3.63) is 11.8 Å². The van der Waals surface area contributed by atoms with Gasteiger partial charge in [0.15, 0.2) is 0 Å². The Hall–Kier alpha value is -1.76. The Labute approximate surface area is 123 Å². The second-order valence-corrected chi connectivity index (χ2v) is 6.43. The van der Waals surface area contributed by atoms with E-state index in [1.54, 1.807) is 5.01 Å². The van der Waals surface area contributed by atoms with Crippen molar-refractivity contribution in [2.24, 2.45) is 0 Å². The van der Waals surface area contributed by atoms with Crippen molar-refractivity contribution in [1.29, 1.82) is 0 Å². The molecule has 7 heteroatoms. The topological polar surface area (TPSA) is 96.3 Å². The number of nitrogens with zero attached hydrogens (tertiary/aromatic N) is 2. The van der Waals surface area contributed by atoms with Crippen LogP contribution in [0.2, 0.25) is 0 Å². The lowest BCUT2D eigenvalue weighted by Gasteiger charge is -2.28. The van der Waals surface area contributed by atoms with E-state index in [0.717, 1.165) is 37.8 Å². The van der Waals surface area contributed by atoms with Gasteiger partial charge < -0.3 is 10.5 Å². The molecule has 4 N–H and O–H groups in total. The van der Waals surface area contributed by atoms with Gasteiger partial charge in [0.05, 0.1) is 6.04 Å². The number of carbonyl (C=O) groups excluding carboxylic acids is 1. The van der Waals surface area contributed by atoms with Crippen LogP contribution in [0.3, 0.4) is 0 Å². The Kier molecular flexibility index (Phi) is 3.02. The number of anilines is 1. The summed E-state index contributed by atoms with van der Waals surface area (Å²) in [6, 6.07) is 2.66. The summed E-state index contributed by atoms with van der Waals surface area (Å²) in [5.74, 6) is 0.873. The van der Waals surface area contributed by atoms with Crippen LogP contribution in [0.25, 0.3) is 0 Å². The highest BCUT2D eigenvalue weighted by Crippen LogP contribution is 2.36. The molecule has 114 valence electrons. The molecule has 2 saturated carbocycles. The van der Waals surface area contributed by atoms with Crippen molar-refractivity contribution in [1.82, 2.24) is 20.6 Å². The average Bonchev–Trinajstić information content (AvgIpc) is 3.21. The SMILES string of the molecule is Nc1cc([C@H]2CC[C@@H](OC(=O)N3NC4CCC3C4)C2)[nH]n1. The van der Waals surface area contributed by atoms with E-state index in [-0.39, 0.29) is 12.2 Å². The third-order valence-corrected chi connectivity index (χ3v) is 5.00. The average molecular weight is 291 g/mol. The first-order chi connectivity index (χ1) is 10.2. The van der Waals surface area contributed by atoms with E-state index in [4.69, 9.17) is 10.5 Å². The number of nitrogens with one attached hydrogen (secondary N) is 2. The molecule has 0 aromatic carbocycles. The van der Waals surface area contributed by atoms with Crippen LogP contribution in [-0.4, -0.2) is 39.5 Å². The molecule has 1 aliphatic heterocycles. The number of nitrogens with two attached hydrogens (primary N) is 1. The molecule has 1 amide bonds. The van der Waals surface area contributed by atoms with E-state index in [9.17, 15) is 4.79 Å². The minimum absolute atomic E-state index is 0.00653. The molecule has 1 aromatic rings. The third-order valence-electron chi connectivity index (χ3n) is 5.00. The van der Waals surface area contributed by atoms with Crippen LogP contribution in [0.4, 0.5) is 10.6 Å². The van der Waals surface area contributed by atoms with Crippen LogP contribution >= 0.6 is 0 Å². The molecule has 3 aliphatic rings. The summed E-state index contributed by atoms with van der Waals surface area (Å²) in [6.45, 7) is 0. The van der Waals surface area contributed by atoms with Crippen molar-refractivity contribution < 1.29 is 9.53 Å². The Balaban J connectivity index is 1.33. The van der Waals surface area contributed by atoms with Crippen molar-refractivity contribution >= 4 is 11.9 Å². The highest BCUT2D eigenvalue weighted by molar-refractivity contribution is 5.68. The van der Waals surface area contributed by atoms with Gasteiger partial charge in [-0.15, -0.1) is 0 Å². The number of nitrogen functional groups attached to an aromatic ring is 1. The zero-order chi connectivity index (χ0) is 14.4. The first-order valence-corrected chi connectivity index (χ1v) is 7.76. The molecule has 21 heavy (non-hydrogen) atoms. The Bertz CT molecular complexity index is 545. The maximum absolute atomic E-state index is 12.2. The van der Waals surface area contributed by atoms with E-state index in [1.165, 1.54) is 6.42 Å². The number of amides is 1. The van der Waals surface area contributed by atoms with Crippen LogP contribution < -0.4 is 11.2 Å². The summed E-state index contributed by atoms with van der Waals surface area (Å²) in [5.41, 5.74) is 9.92. The summed E-state index contributed by atoms with van der Waals surface area (Å²) < 4.78 is 5.67. The number of aromatic nitrogens is 2. The first kappa shape index (κ1) is 12.9. The van der Waals surface area contributed by atoms with E-state index >= 15 is 0 Å². The first-order valence-electron chi connectivity index (χ1n) is 7.76. The van der Waals surface area contributed by atoms with Gasteiger partial charge in [0.25, 0.3) is 0 Å². The van der Waals surface area contributed by atoms with Crippen LogP contribution in [0.1, 0.15) is 50.1 Å². The van der Waals surface area contributed by atoms with Crippen LogP contribution in [0.15, 0.2) is 6.07 Å². The van der Waals surface area contributed by atoms with Gasteiger partial charge in [-0.2, -0.15) is 5.10 Å². The second kappa shape index (κ2) is 4.91. The summed E-state index contributed by atoms with van der Waals surface area (Å²) in [5, 5.41) is 8.63. The molecular formula is C14H21N5O2. The van der Waals surface area contributed by atoms with Gasteiger partial charge >= 0.3 is 6.09 Å². The highest BCUT2D eigenvalue weighted by atomic mass is 16.6. The molecule has 3 fully saturated rings. The molecule has 4 atom stereocenters. The molecule has 2 bridgehead atoms. The van der Waals surface area contributed by atoms with Crippen LogP contribution in [0, 0.1) is 0 Å².